The minimum atomic E-state index is -0.146. The first-order chi connectivity index (χ1) is 10.0. The van der Waals surface area contributed by atoms with Crippen LogP contribution in [0.25, 0.3) is 10.9 Å². The molecule has 0 radical (unpaired) electrons. The van der Waals surface area contributed by atoms with E-state index >= 15 is 0 Å². The standard InChI is InChI=1S/C15H18ClN3O2/c1-9-6-19(7-10(2)21-9)8-14-17-13-4-3-11(16)5-12(13)15(20)18-14/h3-5,9-10H,6-8H2,1-2H3,(H,17,18,20)/t9-,10-/m1/s1. The summed E-state index contributed by atoms with van der Waals surface area (Å²) in [6.45, 7) is 6.41. The molecule has 0 bridgehead atoms. The normalized spacial score (nSPS) is 23.6. The molecule has 6 heteroatoms. The van der Waals surface area contributed by atoms with Crippen molar-refractivity contribution in [3.8, 4) is 0 Å². The first-order valence-corrected chi connectivity index (χ1v) is 7.45. The second-order valence-electron chi connectivity index (χ2n) is 5.63. The Bertz CT molecular complexity index is 706. The number of halogens is 1. The number of aromatic amines is 1. The number of morpholine rings is 1. The molecular formula is C15H18ClN3O2. The van der Waals surface area contributed by atoms with Crippen LogP contribution in [0.1, 0.15) is 19.7 Å². The fraction of sp³-hybridized carbons (Fsp3) is 0.467. The predicted octanol–water partition coefficient (Wildman–Crippen LogP) is 2.19. The second-order valence-corrected chi connectivity index (χ2v) is 6.06. The maximum absolute atomic E-state index is 12.1. The second kappa shape index (κ2) is 5.75. The first kappa shape index (κ1) is 14.5. The van der Waals surface area contributed by atoms with Crippen molar-refractivity contribution in [1.29, 1.82) is 0 Å². The molecule has 1 aromatic carbocycles. The Morgan fingerprint density at radius 2 is 2.10 bits per heavy atom. The summed E-state index contributed by atoms with van der Waals surface area (Å²) in [6, 6.07) is 5.17. The van der Waals surface area contributed by atoms with Crippen LogP contribution in [0.4, 0.5) is 0 Å². The monoisotopic (exact) mass is 307 g/mol. The van der Waals surface area contributed by atoms with E-state index < -0.39 is 0 Å². The number of H-pyrrole nitrogens is 1. The quantitative estimate of drug-likeness (QED) is 0.924. The molecule has 5 nitrogen and oxygen atoms in total. The molecule has 0 aliphatic carbocycles. The zero-order chi connectivity index (χ0) is 15.0. The summed E-state index contributed by atoms with van der Waals surface area (Å²) < 4.78 is 5.71. The minimum Gasteiger partial charge on any atom is -0.373 e. The highest BCUT2D eigenvalue weighted by molar-refractivity contribution is 6.31. The number of nitrogens with one attached hydrogen (secondary N) is 1. The van der Waals surface area contributed by atoms with Gasteiger partial charge in [0.25, 0.3) is 5.56 Å². The molecule has 1 aliphatic heterocycles. The molecule has 1 fully saturated rings. The Morgan fingerprint density at radius 3 is 2.81 bits per heavy atom. The summed E-state index contributed by atoms with van der Waals surface area (Å²) in [5, 5.41) is 1.06. The molecule has 0 unspecified atom stereocenters. The molecule has 21 heavy (non-hydrogen) atoms. The maximum Gasteiger partial charge on any atom is 0.258 e. The Kier molecular flexibility index (Phi) is 3.97. The fourth-order valence-electron chi connectivity index (χ4n) is 2.86. The smallest absolute Gasteiger partial charge is 0.258 e. The van der Waals surface area contributed by atoms with Crippen molar-refractivity contribution in [2.75, 3.05) is 13.1 Å². The zero-order valence-corrected chi connectivity index (χ0v) is 12.9. The van der Waals surface area contributed by atoms with E-state index in [0.29, 0.717) is 28.3 Å². The lowest BCUT2D eigenvalue weighted by molar-refractivity contribution is -0.0710. The number of benzene rings is 1. The highest BCUT2D eigenvalue weighted by Gasteiger charge is 2.22. The molecule has 1 saturated heterocycles. The summed E-state index contributed by atoms with van der Waals surface area (Å²) in [6.07, 6.45) is 0.388. The first-order valence-electron chi connectivity index (χ1n) is 7.07. The molecule has 1 N–H and O–H groups in total. The third-order valence-corrected chi connectivity index (χ3v) is 3.82. The Balaban J connectivity index is 1.87. The molecule has 2 aromatic rings. The van der Waals surface area contributed by atoms with Gasteiger partial charge in [0.1, 0.15) is 5.82 Å². The molecule has 2 heterocycles. The number of hydrogen-bond acceptors (Lipinski definition) is 4. The van der Waals surface area contributed by atoms with E-state index in [-0.39, 0.29) is 17.8 Å². The van der Waals surface area contributed by atoms with Crippen LogP contribution in [0, 0.1) is 0 Å². The molecule has 0 spiro atoms. The average molecular weight is 308 g/mol. The largest absolute Gasteiger partial charge is 0.373 e. The van der Waals surface area contributed by atoms with Gasteiger partial charge in [-0.1, -0.05) is 11.6 Å². The third kappa shape index (κ3) is 3.26. The molecule has 112 valence electrons. The summed E-state index contributed by atoms with van der Waals surface area (Å²) in [4.78, 5) is 21.7. The van der Waals surface area contributed by atoms with Crippen LogP contribution < -0.4 is 5.56 Å². The van der Waals surface area contributed by atoms with E-state index in [9.17, 15) is 4.79 Å². The molecule has 1 aliphatic rings. The van der Waals surface area contributed by atoms with Crippen molar-refractivity contribution in [2.45, 2.75) is 32.6 Å². The number of hydrogen-bond donors (Lipinski definition) is 1. The number of aromatic nitrogens is 2. The lowest BCUT2D eigenvalue weighted by Gasteiger charge is -2.34. The van der Waals surface area contributed by atoms with E-state index in [4.69, 9.17) is 16.3 Å². The van der Waals surface area contributed by atoms with E-state index in [1.165, 1.54) is 0 Å². The van der Waals surface area contributed by atoms with Crippen molar-refractivity contribution in [3.05, 3.63) is 39.4 Å². The molecular weight excluding hydrogens is 290 g/mol. The predicted molar refractivity (Wildman–Crippen MR) is 82.7 cm³/mol. The van der Waals surface area contributed by atoms with Crippen LogP contribution in [-0.2, 0) is 11.3 Å². The van der Waals surface area contributed by atoms with Crippen LogP contribution in [0.15, 0.2) is 23.0 Å². The van der Waals surface area contributed by atoms with Gasteiger partial charge in [0.05, 0.1) is 29.7 Å². The van der Waals surface area contributed by atoms with Crippen molar-refractivity contribution in [3.63, 3.8) is 0 Å². The van der Waals surface area contributed by atoms with Crippen LogP contribution >= 0.6 is 11.6 Å². The van der Waals surface area contributed by atoms with Crippen molar-refractivity contribution < 1.29 is 4.74 Å². The van der Waals surface area contributed by atoms with E-state index in [1.54, 1.807) is 18.2 Å². The lowest BCUT2D eigenvalue weighted by Crippen LogP contribution is -2.45. The molecule has 1 aromatic heterocycles. The van der Waals surface area contributed by atoms with Gasteiger partial charge >= 0.3 is 0 Å². The van der Waals surface area contributed by atoms with Crippen molar-refractivity contribution in [1.82, 2.24) is 14.9 Å². The van der Waals surface area contributed by atoms with Gasteiger partial charge in [-0.3, -0.25) is 9.69 Å². The van der Waals surface area contributed by atoms with E-state index in [0.717, 1.165) is 13.1 Å². The topological polar surface area (TPSA) is 58.2 Å². The summed E-state index contributed by atoms with van der Waals surface area (Å²) in [5.41, 5.74) is 0.527. The summed E-state index contributed by atoms with van der Waals surface area (Å²) in [7, 11) is 0. The van der Waals surface area contributed by atoms with Crippen LogP contribution in [-0.4, -0.2) is 40.2 Å². The number of ether oxygens (including phenoxy) is 1. The number of nitrogens with zero attached hydrogens (tertiary/aromatic N) is 2. The van der Waals surface area contributed by atoms with Crippen LogP contribution in [0.3, 0.4) is 0 Å². The molecule has 3 rings (SSSR count). The van der Waals surface area contributed by atoms with Gasteiger partial charge in [-0.25, -0.2) is 4.98 Å². The SMILES string of the molecule is C[C@@H]1CN(Cc2nc3ccc(Cl)cc3c(=O)[nH]2)C[C@@H](C)O1. The summed E-state index contributed by atoms with van der Waals surface area (Å²) >= 11 is 5.92. The fourth-order valence-corrected chi connectivity index (χ4v) is 3.03. The third-order valence-electron chi connectivity index (χ3n) is 3.59. The van der Waals surface area contributed by atoms with Crippen LogP contribution in [0.2, 0.25) is 5.02 Å². The van der Waals surface area contributed by atoms with Gasteiger partial charge in [0.15, 0.2) is 0 Å². The molecule has 0 amide bonds. The summed E-state index contributed by atoms with van der Waals surface area (Å²) in [5.74, 6) is 0.677. The zero-order valence-electron chi connectivity index (χ0n) is 12.1. The van der Waals surface area contributed by atoms with E-state index in [1.807, 2.05) is 0 Å². The lowest BCUT2D eigenvalue weighted by atomic mass is 10.2. The van der Waals surface area contributed by atoms with Crippen LogP contribution in [0.5, 0.6) is 0 Å². The highest BCUT2D eigenvalue weighted by atomic mass is 35.5. The van der Waals surface area contributed by atoms with E-state index in [2.05, 4.69) is 28.7 Å². The Hall–Kier alpha value is -1.43. The number of rotatable bonds is 2. The van der Waals surface area contributed by atoms with Gasteiger partial charge < -0.3 is 9.72 Å². The average Bonchev–Trinajstić information content (AvgIpc) is 2.38. The highest BCUT2D eigenvalue weighted by Crippen LogP contribution is 2.16. The van der Waals surface area contributed by atoms with Gasteiger partial charge in [-0.05, 0) is 32.0 Å². The van der Waals surface area contributed by atoms with Gasteiger partial charge in [0.2, 0.25) is 0 Å². The van der Waals surface area contributed by atoms with Gasteiger partial charge in [0, 0.05) is 18.1 Å². The molecule has 2 atom stereocenters. The van der Waals surface area contributed by atoms with Crippen molar-refractivity contribution >= 4 is 22.5 Å². The van der Waals surface area contributed by atoms with Crippen molar-refractivity contribution in [2.24, 2.45) is 0 Å². The van der Waals surface area contributed by atoms with Gasteiger partial charge in [-0.15, -0.1) is 0 Å². The maximum atomic E-state index is 12.1. The Labute approximate surface area is 127 Å². The molecule has 0 saturated carbocycles. The Morgan fingerprint density at radius 1 is 1.38 bits per heavy atom. The minimum absolute atomic E-state index is 0.146. The number of fused-ring (bicyclic) bond motifs is 1. The van der Waals surface area contributed by atoms with Gasteiger partial charge in [-0.2, -0.15) is 0 Å².